The number of ether oxygens (including phenoxy) is 3. The van der Waals surface area contributed by atoms with Crippen LogP contribution in [0.4, 0.5) is 0 Å². The second-order valence-electron chi connectivity index (χ2n) is 11.3. The minimum atomic E-state index is -0.918. The molecule has 8 atom stereocenters. The first-order chi connectivity index (χ1) is 17.4. The fraction of sp³-hybridized carbons (Fsp3) is 0.700. The average Bonchev–Trinajstić information content (AvgIpc) is 3.62. The number of hydrogen-bond acceptors (Lipinski definition) is 6. The second kappa shape index (κ2) is 13.2. The van der Waals surface area contributed by atoms with Crippen molar-refractivity contribution >= 4 is 5.97 Å². The molecule has 1 saturated carbocycles. The Morgan fingerprint density at radius 3 is 2.69 bits per heavy atom. The van der Waals surface area contributed by atoms with Crippen LogP contribution >= 0.6 is 0 Å². The molecule has 0 aromatic rings. The van der Waals surface area contributed by atoms with Gasteiger partial charge in [-0.15, -0.1) is 0 Å². The van der Waals surface area contributed by atoms with Crippen molar-refractivity contribution in [3.63, 3.8) is 0 Å². The molecule has 36 heavy (non-hydrogen) atoms. The van der Waals surface area contributed by atoms with Gasteiger partial charge in [-0.1, -0.05) is 68.7 Å². The molecule has 1 unspecified atom stereocenters. The van der Waals surface area contributed by atoms with Gasteiger partial charge >= 0.3 is 5.97 Å². The molecule has 0 aromatic carbocycles. The lowest BCUT2D eigenvalue weighted by Crippen LogP contribution is -2.32. The van der Waals surface area contributed by atoms with Crippen molar-refractivity contribution in [2.45, 2.75) is 120 Å². The quantitative estimate of drug-likeness (QED) is 0.324. The van der Waals surface area contributed by atoms with Gasteiger partial charge in [-0.05, 0) is 56.8 Å². The zero-order valence-corrected chi connectivity index (χ0v) is 21.7. The maximum absolute atomic E-state index is 12.6. The van der Waals surface area contributed by atoms with Gasteiger partial charge < -0.3 is 24.4 Å². The van der Waals surface area contributed by atoms with Gasteiger partial charge in [-0.25, -0.2) is 4.79 Å². The SMILES string of the molecule is C=C1C[C@H](C)C[C@@H]2CC=C[C@@H](C/C=C\C(=O)OC([C@@H](O)/C=C/C3CCCCC3)C[C@@H]3O[C@H]3[C@@H](O)C1)O2. The number of epoxide rings is 1. The summed E-state index contributed by atoms with van der Waals surface area (Å²) >= 11 is 0. The van der Waals surface area contributed by atoms with Crippen molar-refractivity contribution in [2.75, 3.05) is 0 Å². The molecular weight excluding hydrogens is 456 g/mol. The van der Waals surface area contributed by atoms with Crippen molar-refractivity contribution in [2.24, 2.45) is 11.8 Å². The van der Waals surface area contributed by atoms with Crippen LogP contribution in [-0.4, -0.2) is 58.9 Å². The Labute approximate surface area is 216 Å². The molecule has 0 amide bonds. The molecule has 6 heteroatoms. The smallest absolute Gasteiger partial charge is 0.330 e. The summed E-state index contributed by atoms with van der Waals surface area (Å²) in [6.07, 6.45) is 18.5. The monoisotopic (exact) mass is 500 g/mol. The molecule has 2 fully saturated rings. The first kappa shape index (κ1) is 27.3. The molecule has 0 radical (unpaired) electrons. The molecule has 4 rings (SSSR count). The van der Waals surface area contributed by atoms with Crippen LogP contribution < -0.4 is 0 Å². The standard InChI is InChI=1S/C30H44O6/c1-20-16-21(2)18-26(32)30-28(36-30)19-27(25(31)15-14-22-8-4-3-5-9-22)35-29(33)13-7-11-23-10-6-12-24(17-20)34-23/h6-7,10,13-15,20,22-28,30-32H,2-5,8-9,11-12,16-19H2,1H3/b13-7-,15-14+/t20-,23-,24-,25-,26-,27?,28-,30-/m0/s1. The van der Waals surface area contributed by atoms with E-state index in [0.717, 1.165) is 37.7 Å². The third-order valence-corrected chi connectivity index (χ3v) is 7.88. The van der Waals surface area contributed by atoms with Crippen molar-refractivity contribution in [3.05, 3.63) is 48.6 Å². The van der Waals surface area contributed by atoms with E-state index in [1.54, 1.807) is 12.2 Å². The van der Waals surface area contributed by atoms with Crippen molar-refractivity contribution < 1.29 is 29.2 Å². The Morgan fingerprint density at radius 1 is 1.08 bits per heavy atom. The maximum Gasteiger partial charge on any atom is 0.330 e. The maximum atomic E-state index is 12.6. The predicted molar refractivity (Wildman–Crippen MR) is 139 cm³/mol. The van der Waals surface area contributed by atoms with Gasteiger partial charge in [0.15, 0.2) is 0 Å². The highest BCUT2D eigenvalue weighted by atomic mass is 16.6. The summed E-state index contributed by atoms with van der Waals surface area (Å²) in [6, 6.07) is 0. The molecule has 1 saturated heterocycles. The van der Waals surface area contributed by atoms with E-state index < -0.39 is 24.3 Å². The number of allylic oxidation sites excluding steroid dienone is 1. The number of aliphatic hydroxyl groups is 2. The average molecular weight is 501 g/mol. The normalized spacial score (nSPS) is 39.0. The van der Waals surface area contributed by atoms with Crippen LogP contribution in [-0.2, 0) is 19.0 Å². The summed E-state index contributed by atoms with van der Waals surface area (Å²) in [5.41, 5.74) is 1.01. The zero-order valence-electron chi connectivity index (χ0n) is 21.7. The van der Waals surface area contributed by atoms with E-state index in [2.05, 4.69) is 31.7 Å². The summed E-state index contributed by atoms with van der Waals surface area (Å²) in [6.45, 7) is 6.40. The highest BCUT2D eigenvalue weighted by Gasteiger charge is 2.46. The number of hydrogen-bond donors (Lipinski definition) is 2. The van der Waals surface area contributed by atoms with Crippen LogP contribution in [0.25, 0.3) is 0 Å². The molecule has 1 aliphatic carbocycles. The Hall–Kier alpha value is -1.73. The first-order valence-corrected chi connectivity index (χ1v) is 13.9. The Balaban J connectivity index is 1.44. The number of carbonyl (C=O) groups excluding carboxylic acids is 1. The van der Waals surface area contributed by atoms with Crippen LogP contribution in [0.3, 0.4) is 0 Å². The van der Waals surface area contributed by atoms with Gasteiger partial charge in [-0.2, -0.15) is 0 Å². The second-order valence-corrected chi connectivity index (χ2v) is 11.3. The van der Waals surface area contributed by atoms with Gasteiger partial charge in [0.2, 0.25) is 0 Å². The molecule has 0 spiro atoms. The summed E-state index contributed by atoms with van der Waals surface area (Å²) in [5, 5.41) is 21.7. The fourth-order valence-electron chi connectivity index (χ4n) is 5.92. The lowest BCUT2D eigenvalue weighted by atomic mass is 9.88. The number of rotatable bonds is 3. The summed E-state index contributed by atoms with van der Waals surface area (Å²) in [4.78, 5) is 12.6. The number of cyclic esters (lactones) is 1. The van der Waals surface area contributed by atoms with Crippen molar-refractivity contribution in [1.29, 1.82) is 0 Å². The molecule has 200 valence electrons. The molecule has 4 aliphatic rings. The summed E-state index contributed by atoms with van der Waals surface area (Å²) in [5.74, 6) is 0.385. The van der Waals surface area contributed by atoms with E-state index in [0.29, 0.717) is 31.1 Å². The van der Waals surface area contributed by atoms with E-state index in [4.69, 9.17) is 14.2 Å². The van der Waals surface area contributed by atoms with Crippen LogP contribution in [0.2, 0.25) is 0 Å². The Bertz CT molecular complexity index is 825. The number of esters is 1. The lowest BCUT2D eigenvalue weighted by Gasteiger charge is -2.28. The third-order valence-electron chi connectivity index (χ3n) is 7.88. The minimum absolute atomic E-state index is 0.0654. The van der Waals surface area contributed by atoms with Gasteiger partial charge in [0.05, 0.1) is 24.4 Å². The molecule has 3 aliphatic heterocycles. The third kappa shape index (κ3) is 8.41. The number of aliphatic hydroxyl groups excluding tert-OH is 2. The molecule has 2 N–H and O–H groups in total. The summed E-state index contributed by atoms with van der Waals surface area (Å²) in [7, 11) is 0. The van der Waals surface area contributed by atoms with Crippen LogP contribution in [0.5, 0.6) is 0 Å². The van der Waals surface area contributed by atoms with Gasteiger partial charge in [0, 0.05) is 12.5 Å². The predicted octanol–water partition coefficient (Wildman–Crippen LogP) is 4.95. The number of carbonyl (C=O) groups is 1. The largest absolute Gasteiger partial charge is 0.456 e. The van der Waals surface area contributed by atoms with Gasteiger partial charge in [0.25, 0.3) is 0 Å². The van der Waals surface area contributed by atoms with Crippen LogP contribution in [0.15, 0.2) is 48.6 Å². The first-order valence-electron chi connectivity index (χ1n) is 13.9. The van der Waals surface area contributed by atoms with E-state index >= 15 is 0 Å². The Morgan fingerprint density at radius 2 is 1.89 bits per heavy atom. The topological polar surface area (TPSA) is 88.5 Å². The van der Waals surface area contributed by atoms with E-state index in [1.165, 1.54) is 25.3 Å². The summed E-state index contributed by atoms with van der Waals surface area (Å²) < 4.78 is 17.7. The van der Waals surface area contributed by atoms with Gasteiger partial charge in [-0.3, -0.25) is 0 Å². The van der Waals surface area contributed by atoms with E-state index in [9.17, 15) is 15.0 Å². The highest BCUT2D eigenvalue weighted by Crippen LogP contribution is 2.35. The molecule has 0 aromatic heterocycles. The lowest BCUT2D eigenvalue weighted by molar-refractivity contribution is -0.148. The minimum Gasteiger partial charge on any atom is -0.456 e. The van der Waals surface area contributed by atoms with Crippen LogP contribution in [0, 0.1) is 11.8 Å². The Kier molecular flexibility index (Phi) is 10.00. The van der Waals surface area contributed by atoms with Crippen LogP contribution in [0.1, 0.15) is 77.6 Å². The molecular formula is C30H44O6. The molecule has 6 nitrogen and oxygen atoms in total. The highest BCUT2D eigenvalue weighted by molar-refractivity contribution is 5.82. The van der Waals surface area contributed by atoms with E-state index in [1.807, 2.05) is 0 Å². The number of fused-ring (bicyclic) bond motifs is 3. The van der Waals surface area contributed by atoms with Crippen molar-refractivity contribution in [1.82, 2.24) is 0 Å². The van der Waals surface area contributed by atoms with E-state index in [-0.39, 0.29) is 24.4 Å². The van der Waals surface area contributed by atoms with Crippen molar-refractivity contribution in [3.8, 4) is 0 Å². The zero-order chi connectivity index (χ0) is 25.5. The fourth-order valence-corrected chi connectivity index (χ4v) is 5.92. The molecule has 2 bridgehead atoms. The van der Waals surface area contributed by atoms with Gasteiger partial charge in [0.1, 0.15) is 18.3 Å². The molecule has 3 heterocycles.